The van der Waals surface area contributed by atoms with Gasteiger partial charge in [-0.1, -0.05) is 0 Å². The third-order valence-electron chi connectivity index (χ3n) is 5.10. The molecule has 1 fully saturated rings. The van der Waals surface area contributed by atoms with Crippen LogP contribution in [0.4, 0.5) is 14.9 Å². The van der Waals surface area contributed by atoms with Crippen LogP contribution >= 0.6 is 11.3 Å². The van der Waals surface area contributed by atoms with Crippen molar-refractivity contribution in [3.63, 3.8) is 0 Å². The predicted octanol–water partition coefficient (Wildman–Crippen LogP) is 4.31. The Morgan fingerprint density at radius 2 is 2.14 bits per heavy atom. The highest BCUT2D eigenvalue weighted by molar-refractivity contribution is 7.10. The quantitative estimate of drug-likeness (QED) is 0.709. The van der Waals surface area contributed by atoms with Crippen LogP contribution in [0.1, 0.15) is 30.2 Å². The molecule has 1 aromatic carbocycles. The van der Waals surface area contributed by atoms with Gasteiger partial charge in [-0.05, 0) is 56.4 Å². The molecule has 1 aromatic heterocycles. The van der Waals surface area contributed by atoms with E-state index in [-0.39, 0.29) is 11.9 Å². The second kappa shape index (κ2) is 7.81. The lowest BCUT2D eigenvalue weighted by Crippen LogP contribution is -2.34. The van der Waals surface area contributed by atoms with Crippen LogP contribution in [0.3, 0.4) is 0 Å². The van der Waals surface area contributed by atoms with Crippen molar-refractivity contribution in [1.82, 2.24) is 10.2 Å². The number of nitrogens with one attached hydrogen (secondary N) is 2. The normalized spacial score (nSPS) is 17.4. The fraction of sp³-hybridized carbons (Fsp3) is 0.350. The van der Waals surface area contributed by atoms with E-state index in [1.807, 2.05) is 11.4 Å². The zero-order valence-electron chi connectivity index (χ0n) is 15.5. The lowest BCUT2D eigenvalue weighted by molar-refractivity contribution is 0.156. The minimum atomic E-state index is -0.999. The number of anilines is 1. The number of benzene rings is 1. The molecule has 0 spiro atoms. The van der Waals surface area contributed by atoms with Crippen LogP contribution in [0, 0.1) is 5.82 Å². The fourth-order valence-electron chi connectivity index (χ4n) is 3.57. The number of hydrogen-bond donors (Lipinski definition) is 3. The monoisotopic (exact) mass is 403 g/mol. The number of allylic oxidation sites excluding steroid dienone is 1. The lowest BCUT2D eigenvalue weighted by Gasteiger charge is -2.30. The van der Waals surface area contributed by atoms with Gasteiger partial charge < -0.3 is 20.5 Å². The van der Waals surface area contributed by atoms with E-state index in [1.165, 1.54) is 28.4 Å². The predicted molar refractivity (Wildman–Crippen MR) is 107 cm³/mol. The molecule has 1 saturated heterocycles. The van der Waals surface area contributed by atoms with E-state index in [0.29, 0.717) is 29.4 Å². The molecule has 0 saturated carbocycles. The third kappa shape index (κ3) is 3.70. The number of carbonyl (C=O) groups is 1. The molecule has 1 amide bonds. The van der Waals surface area contributed by atoms with Gasteiger partial charge in [-0.3, -0.25) is 4.90 Å². The topological polar surface area (TPSA) is 73.8 Å². The highest BCUT2D eigenvalue weighted by atomic mass is 32.1. The number of fused-ring (bicyclic) bond motifs is 1. The summed E-state index contributed by atoms with van der Waals surface area (Å²) in [5.41, 5.74) is 2.90. The molecule has 3 N–H and O–H groups in total. The summed E-state index contributed by atoms with van der Waals surface area (Å²) in [5.74, 6) is 0.0728. The van der Waals surface area contributed by atoms with Crippen LogP contribution in [-0.4, -0.2) is 35.3 Å². The van der Waals surface area contributed by atoms with Crippen LogP contribution in [0.15, 0.2) is 35.3 Å². The van der Waals surface area contributed by atoms with Gasteiger partial charge in [-0.15, -0.1) is 11.3 Å². The average Bonchev–Trinajstić information content (AvgIpc) is 3.14. The minimum absolute atomic E-state index is 0.0252. The van der Waals surface area contributed by atoms with Crippen LogP contribution in [-0.2, 0) is 6.54 Å². The summed E-state index contributed by atoms with van der Waals surface area (Å²) in [6.07, 6.45) is 0.747. The number of halogens is 1. The molecule has 0 atom stereocenters. The summed E-state index contributed by atoms with van der Waals surface area (Å²) in [6, 6.07) is 6.37. The van der Waals surface area contributed by atoms with E-state index in [4.69, 9.17) is 4.74 Å². The highest BCUT2D eigenvalue weighted by Crippen LogP contribution is 2.38. The first-order valence-electron chi connectivity index (χ1n) is 9.25. The Morgan fingerprint density at radius 3 is 2.89 bits per heavy atom. The van der Waals surface area contributed by atoms with Crippen molar-refractivity contribution < 1.29 is 19.0 Å². The number of nitrogens with zero attached hydrogens (tertiary/aromatic N) is 1. The van der Waals surface area contributed by atoms with Crippen LogP contribution < -0.4 is 15.4 Å². The van der Waals surface area contributed by atoms with Gasteiger partial charge in [0.25, 0.3) is 0 Å². The smallest absolute Gasteiger partial charge is 0.411 e. The van der Waals surface area contributed by atoms with Crippen molar-refractivity contribution in [2.75, 3.05) is 18.4 Å². The van der Waals surface area contributed by atoms with Gasteiger partial charge >= 0.3 is 6.09 Å². The standard InChI is InChI=1S/C20H22FN3O3S/c1-12-19(15-6-9-28-18(15)11-24(12)20(25)26)23-16-3-2-13(21)10-17(16)27-14-4-7-22-8-5-14/h2-3,6,9-10,14,22-23H,4-5,7-8,11H2,1H3,(H,25,26). The van der Waals surface area contributed by atoms with Crippen molar-refractivity contribution in [1.29, 1.82) is 0 Å². The zero-order valence-corrected chi connectivity index (χ0v) is 16.3. The zero-order chi connectivity index (χ0) is 19.7. The second-order valence-corrected chi connectivity index (χ2v) is 7.92. The SMILES string of the molecule is CC1=C(Nc2ccc(F)cc2OC2CCNCC2)c2ccsc2CN1C(=O)O. The molecular weight excluding hydrogens is 381 g/mol. The highest BCUT2D eigenvalue weighted by Gasteiger charge is 2.28. The number of rotatable bonds is 4. The molecule has 6 nitrogen and oxygen atoms in total. The summed E-state index contributed by atoms with van der Waals surface area (Å²) >= 11 is 1.52. The maximum absolute atomic E-state index is 13.9. The van der Waals surface area contributed by atoms with E-state index < -0.39 is 6.09 Å². The summed E-state index contributed by atoms with van der Waals surface area (Å²) in [6.45, 7) is 3.85. The first-order valence-corrected chi connectivity index (χ1v) is 10.1. The van der Waals surface area contributed by atoms with Crippen LogP contribution in [0.5, 0.6) is 5.75 Å². The maximum atomic E-state index is 13.9. The Bertz CT molecular complexity index is 921. The summed E-state index contributed by atoms with van der Waals surface area (Å²) in [7, 11) is 0. The number of amides is 1. The summed E-state index contributed by atoms with van der Waals surface area (Å²) < 4.78 is 20.0. The molecule has 0 unspecified atom stereocenters. The van der Waals surface area contributed by atoms with Crippen molar-refractivity contribution in [3.8, 4) is 5.75 Å². The Labute approximate surface area is 166 Å². The van der Waals surface area contributed by atoms with Crippen molar-refractivity contribution in [3.05, 3.63) is 51.6 Å². The molecule has 2 aromatic rings. The Hall–Kier alpha value is -2.58. The molecule has 4 rings (SSSR count). The van der Waals surface area contributed by atoms with Gasteiger partial charge in [0.05, 0.1) is 17.9 Å². The van der Waals surface area contributed by atoms with Crippen LogP contribution in [0.25, 0.3) is 5.70 Å². The first kappa shape index (κ1) is 18.8. The molecule has 28 heavy (non-hydrogen) atoms. The number of hydrogen-bond acceptors (Lipinski definition) is 5. The van der Waals surface area contributed by atoms with Gasteiger partial charge in [0.15, 0.2) is 0 Å². The van der Waals surface area contributed by atoms with Gasteiger partial charge in [-0.25, -0.2) is 9.18 Å². The lowest BCUT2D eigenvalue weighted by atomic mass is 10.1. The average molecular weight is 403 g/mol. The van der Waals surface area contributed by atoms with Gasteiger partial charge in [0.2, 0.25) is 0 Å². The number of carboxylic acid groups (broad SMARTS) is 1. The Balaban J connectivity index is 1.67. The van der Waals surface area contributed by atoms with E-state index in [1.54, 1.807) is 13.0 Å². The van der Waals surface area contributed by atoms with Gasteiger partial charge in [-0.2, -0.15) is 0 Å². The maximum Gasteiger partial charge on any atom is 0.411 e. The number of piperidine rings is 1. The Kier molecular flexibility index (Phi) is 5.23. The fourth-order valence-corrected chi connectivity index (χ4v) is 4.44. The first-order chi connectivity index (χ1) is 13.5. The molecule has 0 bridgehead atoms. The largest absolute Gasteiger partial charge is 0.488 e. The molecule has 0 aliphatic carbocycles. The third-order valence-corrected chi connectivity index (χ3v) is 6.00. The van der Waals surface area contributed by atoms with Crippen molar-refractivity contribution in [2.45, 2.75) is 32.4 Å². The molecule has 148 valence electrons. The number of thiophene rings is 1. The van der Waals surface area contributed by atoms with E-state index in [9.17, 15) is 14.3 Å². The molecule has 0 radical (unpaired) electrons. The van der Waals surface area contributed by atoms with E-state index >= 15 is 0 Å². The van der Waals surface area contributed by atoms with Gasteiger partial charge in [0, 0.05) is 22.2 Å². The van der Waals surface area contributed by atoms with Crippen LogP contribution in [0.2, 0.25) is 0 Å². The minimum Gasteiger partial charge on any atom is -0.488 e. The summed E-state index contributed by atoms with van der Waals surface area (Å²) in [5, 5.41) is 18.1. The van der Waals surface area contributed by atoms with Gasteiger partial charge in [0.1, 0.15) is 17.7 Å². The van der Waals surface area contributed by atoms with Crippen molar-refractivity contribution in [2.24, 2.45) is 0 Å². The molecule has 2 aliphatic heterocycles. The molecule has 3 heterocycles. The van der Waals surface area contributed by atoms with E-state index in [2.05, 4.69) is 10.6 Å². The molecule has 8 heteroatoms. The summed E-state index contributed by atoms with van der Waals surface area (Å²) in [4.78, 5) is 13.9. The molecular formula is C20H22FN3O3S. The van der Waals surface area contributed by atoms with E-state index in [0.717, 1.165) is 36.4 Å². The van der Waals surface area contributed by atoms with Crippen molar-refractivity contribution >= 4 is 28.8 Å². The molecule has 2 aliphatic rings. The Morgan fingerprint density at radius 1 is 1.36 bits per heavy atom. The number of ether oxygens (including phenoxy) is 1. The second-order valence-electron chi connectivity index (χ2n) is 6.92.